The molecule has 1 unspecified atom stereocenters. The number of hydrogen-bond donors (Lipinski definition) is 2. The van der Waals surface area contributed by atoms with E-state index in [4.69, 9.17) is 0 Å². The fraction of sp³-hybridized carbons (Fsp3) is 1.00. The summed E-state index contributed by atoms with van der Waals surface area (Å²) in [6.45, 7) is 2.41. The molecular formula is C7H14N2. The van der Waals surface area contributed by atoms with Gasteiger partial charge in [-0.05, 0) is 18.9 Å². The van der Waals surface area contributed by atoms with Gasteiger partial charge in [-0.3, -0.25) is 5.32 Å². The molecule has 1 atom stereocenters. The molecule has 2 fully saturated rings. The van der Waals surface area contributed by atoms with E-state index in [2.05, 4.69) is 10.6 Å². The lowest BCUT2D eigenvalue weighted by atomic mass is 10.3. The summed E-state index contributed by atoms with van der Waals surface area (Å²) in [5.41, 5.74) is 0. The SMILES string of the molecule is C(CC1CC1)NC1CN1. The Morgan fingerprint density at radius 2 is 2.22 bits per heavy atom. The summed E-state index contributed by atoms with van der Waals surface area (Å²) in [7, 11) is 0. The quantitative estimate of drug-likeness (QED) is 0.531. The van der Waals surface area contributed by atoms with Crippen molar-refractivity contribution >= 4 is 0 Å². The molecule has 1 saturated heterocycles. The third kappa shape index (κ3) is 1.95. The second-order valence-electron chi connectivity index (χ2n) is 3.15. The van der Waals surface area contributed by atoms with E-state index in [-0.39, 0.29) is 0 Å². The van der Waals surface area contributed by atoms with E-state index in [1.165, 1.54) is 32.4 Å². The van der Waals surface area contributed by atoms with Crippen molar-refractivity contribution in [2.45, 2.75) is 25.4 Å². The summed E-state index contributed by atoms with van der Waals surface area (Å²) in [6.07, 6.45) is 5.04. The molecule has 2 rings (SSSR count). The van der Waals surface area contributed by atoms with Gasteiger partial charge >= 0.3 is 0 Å². The van der Waals surface area contributed by atoms with Crippen LogP contribution in [0.5, 0.6) is 0 Å². The maximum absolute atomic E-state index is 3.42. The molecule has 0 spiro atoms. The summed E-state index contributed by atoms with van der Waals surface area (Å²) < 4.78 is 0. The first-order valence-electron chi connectivity index (χ1n) is 3.92. The van der Waals surface area contributed by atoms with Gasteiger partial charge in [0.1, 0.15) is 0 Å². The Balaban J connectivity index is 1.46. The number of rotatable bonds is 4. The highest BCUT2D eigenvalue weighted by molar-refractivity contribution is 4.81. The highest BCUT2D eigenvalue weighted by Crippen LogP contribution is 2.31. The van der Waals surface area contributed by atoms with Crippen LogP contribution < -0.4 is 10.6 Å². The molecule has 0 bridgehead atoms. The Morgan fingerprint density at radius 3 is 2.78 bits per heavy atom. The Hall–Kier alpha value is -0.0800. The molecule has 0 aromatic heterocycles. The minimum atomic E-state index is 0.670. The van der Waals surface area contributed by atoms with E-state index in [0.29, 0.717) is 6.17 Å². The number of nitrogens with one attached hydrogen (secondary N) is 2. The van der Waals surface area contributed by atoms with Crippen molar-refractivity contribution in [1.29, 1.82) is 0 Å². The molecule has 2 aliphatic rings. The van der Waals surface area contributed by atoms with Gasteiger partial charge in [-0.25, -0.2) is 0 Å². The molecule has 2 heteroatoms. The lowest BCUT2D eigenvalue weighted by Crippen LogP contribution is -2.21. The summed E-state index contributed by atoms with van der Waals surface area (Å²) >= 11 is 0. The van der Waals surface area contributed by atoms with Crippen LogP contribution in [0.4, 0.5) is 0 Å². The lowest BCUT2D eigenvalue weighted by molar-refractivity contribution is 0.605. The van der Waals surface area contributed by atoms with Crippen LogP contribution in [0.1, 0.15) is 19.3 Å². The van der Waals surface area contributed by atoms with Crippen LogP contribution in [-0.2, 0) is 0 Å². The first kappa shape index (κ1) is 5.69. The second-order valence-corrected chi connectivity index (χ2v) is 3.15. The van der Waals surface area contributed by atoms with E-state index in [9.17, 15) is 0 Å². The third-order valence-corrected chi connectivity index (χ3v) is 2.05. The Kier molecular flexibility index (Phi) is 1.44. The predicted octanol–water partition coefficient (Wildman–Crippen LogP) is 0.305. The number of hydrogen-bond acceptors (Lipinski definition) is 2. The van der Waals surface area contributed by atoms with Crippen molar-refractivity contribution in [3.8, 4) is 0 Å². The first-order valence-corrected chi connectivity index (χ1v) is 3.92. The summed E-state index contributed by atoms with van der Waals surface area (Å²) in [4.78, 5) is 0. The lowest BCUT2D eigenvalue weighted by Gasteiger charge is -1.97. The fourth-order valence-corrected chi connectivity index (χ4v) is 1.07. The molecule has 0 aromatic carbocycles. The Bertz CT molecular complexity index is 83.1. The van der Waals surface area contributed by atoms with Gasteiger partial charge in [0.05, 0.1) is 6.17 Å². The molecule has 0 amide bonds. The normalized spacial score (nSPS) is 32.7. The molecular weight excluding hydrogens is 112 g/mol. The highest BCUT2D eigenvalue weighted by Gasteiger charge is 2.23. The first-order chi connectivity index (χ1) is 4.45. The van der Waals surface area contributed by atoms with Crippen LogP contribution in [-0.4, -0.2) is 19.3 Å². The van der Waals surface area contributed by atoms with Gasteiger partial charge in [0.2, 0.25) is 0 Å². The van der Waals surface area contributed by atoms with Crippen molar-refractivity contribution in [3.05, 3.63) is 0 Å². The van der Waals surface area contributed by atoms with Crippen molar-refractivity contribution in [1.82, 2.24) is 10.6 Å². The van der Waals surface area contributed by atoms with E-state index in [1.54, 1.807) is 0 Å². The van der Waals surface area contributed by atoms with Gasteiger partial charge in [-0.1, -0.05) is 12.8 Å². The maximum Gasteiger partial charge on any atom is 0.0702 e. The largest absolute Gasteiger partial charge is 0.301 e. The Labute approximate surface area is 56.0 Å². The predicted molar refractivity (Wildman–Crippen MR) is 37.1 cm³/mol. The second kappa shape index (κ2) is 2.27. The average molecular weight is 126 g/mol. The zero-order valence-corrected chi connectivity index (χ0v) is 5.69. The molecule has 1 aliphatic carbocycles. The molecule has 9 heavy (non-hydrogen) atoms. The van der Waals surface area contributed by atoms with Crippen molar-refractivity contribution in [3.63, 3.8) is 0 Å². The van der Waals surface area contributed by atoms with E-state index >= 15 is 0 Å². The Morgan fingerprint density at radius 1 is 1.44 bits per heavy atom. The minimum absolute atomic E-state index is 0.670. The average Bonchev–Trinajstić information content (AvgIpc) is 2.57. The minimum Gasteiger partial charge on any atom is -0.301 e. The standard InChI is InChI=1S/C7H14N2/c1-2-6(1)3-4-8-7-5-9-7/h6-9H,1-5H2. The van der Waals surface area contributed by atoms with Gasteiger partial charge in [0.15, 0.2) is 0 Å². The van der Waals surface area contributed by atoms with Gasteiger partial charge in [0, 0.05) is 6.54 Å². The molecule has 52 valence electrons. The zero-order valence-electron chi connectivity index (χ0n) is 5.69. The fourth-order valence-electron chi connectivity index (χ4n) is 1.07. The molecule has 0 radical (unpaired) electrons. The topological polar surface area (TPSA) is 34.0 Å². The van der Waals surface area contributed by atoms with Gasteiger partial charge in [0.25, 0.3) is 0 Å². The van der Waals surface area contributed by atoms with Crippen LogP contribution in [0, 0.1) is 5.92 Å². The summed E-state index contributed by atoms with van der Waals surface area (Å²) in [5, 5.41) is 6.63. The van der Waals surface area contributed by atoms with Gasteiger partial charge in [-0.15, -0.1) is 0 Å². The van der Waals surface area contributed by atoms with Crippen LogP contribution in [0.3, 0.4) is 0 Å². The van der Waals surface area contributed by atoms with Crippen LogP contribution in [0.2, 0.25) is 0 Å². The summed E-state index contributed by atoms with van der Waals surface area (Å²) in [5.74, 6) is 1.08. The molecule has 1 heterocycles. The molecule has 2 nitrogen and oxygen atoms in total. The van der Waals surface area contributed by atoms with Gasteiger partial charge < -0.3 is 5.32 Å². The van der Waals surface area contributed by atoms with E-state index in [0.717, 1.165) is 5.92 Å². The summed E-state index contributed by atoms with van der Waals surface area (Å²) in [6, 6.07) is 0. The van der Waals surface area contributed by atoms with Gasteiger partial charge in [-0.2, -0.15) is 0 Å². The molecule has 1 saturated carbocycles. The van der Waals surface area contributed by atoms with Crippen LogP contribution >= 0.6 is 0 Å². The van der Waals surface area contributed by atoms with Crippen molar-refractivity contribution in [2.75, 3.05) is 13.1 Å². The van der Waals surface area contributed by atoms with Crippen molar-refractivity contribution in [2.24, 2.45) is 5.92 Å². The molecule has 0 aromatic rings. The monoisotopic (exact) mass is 126 g/mol. The molecule has 2 N–H and O–H groups in total. The maximum atomic E-state index is 3.42. The molecule has 1 aliphatic heterocycles. The van der Waals surface area contributed by atoms with Crippen LogP contribution in [0.25, 0.3) is 0 Å². The van der Waals surface area contributed by atoms with Crippen LogP contribution in [0.15, 0.2) is 0 Å². The smallest absolute Gasteiger partial charge is 0.0702 e. The van der Waals surface area contributed by atoms with E-state index in [1.807, 2.05) is 0 Å². The highest BCUT2D eigenvalue weighted by atomic mass is 15.3. The zero-order chi connectivity index (χ0) is 6.10. The third-order valence-electron chi connectivity index (χ3n) is 2.05. The van der Waals surface area contributed by atoms with E-state index < -0.39 is 0 Å². The van der Waals surface area contributed by atoms with Crippen molar-refractivity contribution < 1.29 is 0 Å².